The van der Waals surface area contributed by atoms with Crippen LogP contribution in [0.2, 0.25) is 0 Å². The predicted octanol–water partition coefficient (Wildman–Crippen LogP) is 1.68. The highest BCUT2D eigenvalue weighted by Crippen LogP contribution is 2.18. The van der Waals surface area contributed by atoms with Gasteiger partial charge >= 0.3 is 0 Å². The average Bonchev–Trinajstić information content (AvgIpc) is 2.47. The molecule has 3 N–H and O–H groups in total. The molecule has 1 aromatic heterocycles. The number of carbonyl (C=O) groups excluding carboxylic acids is 1. The zero-order chi connectivity index (χ0) is 15.2. The molecule has 5 heteroatoms. The summed E-state index contributed by atoms with van der Waals surface area (Å²) in [4.78, 5) is 28.2. The summed E-state index contributed by atoms with van der Waals surface area (Å²) in [6, 6.07) is 12.3. The third-order valence-corrected chi connectivity index (χ3v) is 3.14. The molecule has 0 saturated heterocycles. The van der Waals surface area contributed by atoms with E-state index in [9.17, 15) is 9.59 Å². The number of pyridine rings is 1. The van der Waals surface area contributed by atoms with E-state index in [1.807, 2.05) is 31.2 Å². The highest BCUT2D eigenvalue weighted by atomic mass is 16.2. The van der Waals surface area contributed by atoms with Crippen molar-refractivity contribution >= 4 is 11.6 Å². The molecule has 5 nitrogen and oxygen atoms in total. The Kier molecular flexibility index (Phi) is 4.90. The lowest BCUT2D eigenvalue weighted by atomic mass is 10.2. The summed E-state index contributed by atoms with van der Waals surface area (Å²) in [5.41, 5.74) is 7.42. The molecule has 0 radical (unpaired) electrons. The number of aromatic amines is 1. The zero-order valence-electron chi connectivity index (χ0n) is 12.0. The Bertz CT molecular complexity index is 679. The number of rotatable bonds is 5. The minimum Gasteiger partial charge on any atom is -0.330 e. The van der Waals surface area contributed by atoms with Crippen LogP contribution in [0.25, 0.3) is 0 Å². The van der Waals surface area contributed by atoms with E-state index in [0.29, 0.717) is 19.5 Å². The number of aromatic nitrogens is 1. The maximum Gasteiger partial charge on any atom is 0.274 e. The fraction of sp³-hybridized carbons (Fsp3) is 0.250. The minimum atomic E-state index is -0.288. The van der Waals surface area contributed by atoms with Gasteiger partial charge in [-0.15, -0.1) is 0 Å². The van der Waals surface area contributed by atoms with Gasteiger partial charge in [0.2, 0.25) is 5.56 Å². The molecule has 2 rings (SSSR count). The molecular formula is C16H19N3O2. The van der Waals surface area contributed by atoms with Gasteiger partial charge in [0.15, 0.2) is 0 Å². The summed E-state index contributed by atoms with van der Waals surface area (Å²) in [6.45, 7) is 2.98. The summed E-state index contributed by atoms with van der Waals surface area (Å²) in [5.74, 6) is -0.230. The van der Waals surface area contributed by atoms with E-state index in [4.69, 9.17) is 5.73 Å². The summed E-state index contributed by atoms with van der Waals surface area (Å²) < 4.78 is 0. The van der Waals surface area contributed by atoms with Crippen molar-refractivity contribution in [1.82, 2.24) is 4.98 Å². The molecular weight excluding hydrogens is 266 g/mol. The first-order valence-corrected chi connectivity index (χ1v) is 6.90. The molecule has 0 aliphatic rings. The van der Waals surface area contributed by atoms with E-state index >= 15 is 0 Å². The molecule has 0 saturated carbocycles. The standard InChI is InChI=1S/C16H19N3O2/c1-12-5-2-6-13(11-12)19(10-4-9-17)16(21)14-7-3-8-15(20)18-14/h2-3,5-8,11H,4,9-10,17H2,1H3,(H,18,20). The second kappa shape index (κ2) is 6.85. The summed E-state index contributed by atoms with van der Waals surface area (Å²) >= 11 is 0. The average molecular weight is 285 g/mol. The van der Waals surface area contributed by atoms with Crippen molar-refractivity contribution in [3.63, 3.8) is 0 Å². The van der Waals surface area contributed by atoms with E-state index in [2.05, 4.69) is 4.98 Å². The lowest BCUT2D eigenvalue weighted by molar-refractivity contribution is 0.0982. The summed E-state index contributed by atoms with van der Waals surface area (Å²) in [7, 11) is 0. The van der Waals surface area contributed by atoms with E-state index < -0.39 is 0 Å². The molecule has 0 atom stereocenters. The fourth-order valence-corrected chi connectivity index (χ4v) is 2.11. The van der Waals surface area contributed by atoms with E-state index in [1.165, 1.54) is 6.07 Å². The largest absolute Gasteiger partial charge is 0.330 e. The van der Waals surface area contributed by atoms with Crippen molar-refractivity contribution < 1.29 is 4.79 Å². The van der Waals surface area contributed by atoms with Gasteiger partial charge in [0.1, 0.15) is 5.69 Å². The van der Waals surface area contributed by atoms with Crippen molar-refractivity contribution in [2.75, 3.05) is 18.0 Å². The van der Waals surface area contributed by atoms with Crippen LogP contribution in [0.4, 0.5) is 5.69 Å². The SMILES string of the molecule is Cc1cccc(N(CCCN)C(=O)c2cccc(=O)[nH]2)c1. The van der Waals surface area contributed by atoms with Gasteiger partial charge in [-0.2, -0.15) is 0 Å². The van der Waals surface area contributed by atoms with E-state index in [0.717, 1.165) is 11.3 Å². The number of nitrogens with zero attached hydrogens (tertiary/aromatic N) is 1. The second-order valence-electron chi connectivity index (χ2n) is 4.87. The van der Waals surface area contributed by atoms with Crippen LogP contribution < -0.4 is 16.2 Å². The predicted molar refractivity (Wildman–Crippen MR) is 83.6 cm³/mol. The molecule has 0 bridgehead atoms. The first kappa shape index (κ1) is 15.0. The lowest BCUT2D eigenvalue weighted by Crippen LogP contribution is -2.34. The molecule has 0 aliphatic carbocycles. The quantitative estimate of drug-likeness (QED) is 0.877. The first-order chi connectivity index (χ1) is 10.1. The van der Waals surface area contributed by atoms with Gasteiger partial charge in [-0.3, -0.25) is 9.59 Å². The Morgan fingerprint density at radius 1 is 1.24 bits per heavy atom. The van der Waals surface area contributed by atoms with Crippen molar-refractivity contribution in [3.05, 3.63) is 64.1 Å². The Hall–Kier alpha value is -2.40. The molecule has 0 fully saturated rings. The van der Waals surface area contributed by atoms with Crippen LogP contribution in [0, 0.1) is 6.92 Å². The number of aryl methyl sites for hydroxylation is 1. The number of carbonyl (C=O) groups is 1. The maximum atomic E-state index is 12.6. The molecule has 1 amide bonds. The molecule has 2 aromatic rings. The number of benzene rings is 1. The Morgan fingerprint density at radius 2 is 2.00 bits per heavy atom. The highest BCUT2D eigenvalue weighted by Gasteiger charge is 2.18. The van der Waals surface area contributed by atoms with Crippen LogP contribution in [-0.4, -0.2) is 24.0 Å². The summed E-state index contributed by atoms with van der Waals surface area (Å²) in [5, 5.41) is 0. The zero-order valence-corrected chi connectivity index (χ0v) is 12.0. The van der Waals surface area contributed by atoms with Crippen LogP contribution in [0.5, 0.6) is 0 Å². The molecule has 0 unspecified atom stereocenters. The van der Waals surface area contributed by atoms with Gasteiger partial charge in [0.25, 0.3) is 5.91 Å². The normalized spacial score (nSPS) is 10.4. The van der Waals surface area contributed by atoms with Gasteiger partial charge in [0, 0.05) is 18.3 Å². The first-order valence-electron chi connectivity index (χ1n) is 6.90. The number of nitrogens with two attached hydrogens (primary N) is 1. The van der Waals surface area contributed by atoms with E-state index in [-0.39, 0.29) is 17.2 Å². The number of amides is 1. The van der Waals surface area contributed by atoms with E-state index in [1.54, 1.807) is 17.0 Å². The maximum absolute atomic E-state index is 12.6. The highest BCUT2D eigenvalue weighted by molar-refractivity contribution is 6.04. The van der Waals surface area contributed by atoms with Crippen LogP contribution in [0.1, 0.15) is 22.5 Å². The van der Waals surface area contributed by atoms with Gasteiger partial charge < -0.3 is 15.6 Å². The van der Waals surface area contributed by atoms with Gasteiger partial charge in [-0.1, -0.05) is 18.2 Å². The Morgan fingerprint density at radius 3 is 2.67 bits per heavy atom. The lowest BCUT2D eigenvalue weighted by Gasteiger charge is -2.23. The number of anilines is 1. The van der Waals surface area contributed by atoms with Crippen molar-refractivity contribution in [2.24, 2.45) is 5.73 Å². The van der Waals surface area contributed by atoms with Gasteiger partial charge in [-0.05, 0) is 43.7 Å². The topological polar surface area (TPSA) is 79.2 Å². The minimum absolute atomic E-state index is 0.230. The molecule has 110 valence electrons. The van der Waals surface area contributed by atoms with Crippen molar-refractivity contribution in [1.29, 1.82) is 0 Å². The monoisotopic (exact) mass is 285 g/mol. The van der Waals surface area contributed by atoms with Gasteiger partial charge in [-0.25, -0.2) is 0 Å². The van der Waals surface area contributed by atoms with Gasteiger partial charge in [0.05, 0.1) is 0 Å². The number of hydrogen-bond donors (Lipinski definition) is 2. The molecule has 21 heavy (non-hydrogen) atoms. The third-order valence-electron chi connectivity index (χ3n) is 3.14. The third kappa shape index (κ3) is 3.79. The smallest absolute Gasteiger partial charge is 0.274 e. The Labute approximate surface area is 123 Å². The van der Waals surface area contributed by atoms with Crippen LogP contribution in [-0.2, 0) is 0 Å². The fourth-order valence-electron chi connectivity index (χ4n) is 2.11. The van der Waals surface area contributed by atoms with Crippen LogP contribution in [0.15, 0.2) is 47.3 Å². The Balaban J connectivity index is 2.35. The van der Waals surface area contributed by atoms with Crippen molar-refractivity contribution in [3.8, 4) is 0 Å². The molecule has 0 aliphatic heterocycles. The van der Waals surface area contributed by atoms with Crippen LogP contribution >= 0.6 is 0 Å². The molecule has 1 heterocycles. The number of hydrogen-bond acceptors (Lipinski definition) is 3. The van der Waals surface area contributed by atoms with Crippen molar-refractivity contribution in [2.45, 2.75) is 13.3 Å². The molecule has 0 spiro atoms. The molecule has 1 aromatic carbocycles. The number of H-pyrrole nitrogens is 1. The number of nitrogens with one attached hydrogen (secondary N) is 1. The summed E-state index contributed by atoms with van der Waals surface area (Å²) in [6.07, 6.45) is 0.691. The van der Waals surface area contributed by atoms with Crippen LogP contribution in [0.3, 0.4) is 0 Å². The second-order valence-corrected chi connectivity index (χ2v) is 4.87.